The highest BCUT2D eigenvalue weighted by Gasteiger charge is 2.31. The van der Waals surface area contributed by atoms with E-state index in [9.17, 15) is 13.8 Å². The first-order valence-electron chi connectivity index (χ1n) is 11.6. The molecule has 1 heterocycles. The van der Waals surface area contributed by atoms with Crippen LogP contribution in [0.15, 0.2) is 101 Å². The fourth-order valence-electron chi connectivity index (χ4n) is 4.25. The molecule has 180 valence electrons. The first-order chi connectivity index (χ1) is 17.4. The largest absolute Gasteiger partial charge is 0.322 e. The van der Waals surface area contributed by atoms with Gasteiger partial charge >= 0.3 is 0 Å². The molecule has 1 N–H and O–H groups in total. The molecule has 1 aliphatic heterocycles. The number of hydrogen-bond donors (Lipinski definition) is 1. The number of benzene rings is 4. The van der Waals surface area contributed by atoms with Crippen LogP contribution < -0.4 is 10.2 Å². The number of amides is 2. The summed E-state index contributed by atoms with van der Waals surface area (Å²) >= 11 is 6.20. The van der Waals surface area contributed by atoms with E-state index < -0.39 is 10.8 Å². The van der Waals surface area contributed by atoms with Crippen LogP contribution in [0.4, 0.5) is 11.4 Å². The van der Waals surface area contributed by atoms with Crippen LogP contribution in [0.25, 0.3) is 0 Å². The van der Waals surface area contributed by atoms with Crippen molar-refractivity contribution in [3.8, 4) is 0 Å². The van der Waals surface area contributed by atoms with Crippen LogP contribution >= 0.6 is 11.6 Å². The molecule has 4 aromatic carbocycles. The van der Waals surface area contributed by atoms with E-state index in [0.29, 0.717) is 37.3 Å². The molecule has 0 aromatic heterocycles. The third kappa shape index (κ3) is 4.70. The normalized spacial score (nSPS) is 14.6. The molecule has 0 saturated carbocycles. The van der Waals surface area contributed by atoms with E-state index in [1.807, 2.05) is 36.4 Å². The maximum Gasteiger partial charge on any atom is 0.259 e. The summed E-state index contributed by atoms with van der Waals surface area (Å²) in [7, 11) is -1.60. The van der Waals surface area contributed by atoms with Crippen LogP contribution in [0.5, 0.6) is 0 Å². The van der Waals surface area contributed by atoms with E-state index in [4.69, 9.17) is 11.6 Å². The van der Waals surface area contributed by atoms with E-state index >= 15 is 0 Å². The molecule has 2 amide bonds. The second-order valence-corrected chi connectivity index (χ2v) is 10.3. The molecule has 5 nitrogen and oxygen atoms in total. The Bertz CT molecular complexity index is 1520. The fourth-order valence-corrected chi connectivity index (χ4v) is 5.81. The molecule has 7 heteroatoms. The Morgan fingerprint density at radius 3 is 2.47 bits per heavy atom. The van der Waals surface area contributed by atoms with Gasteiger partial charge in [-0.25, -0.2) is 4.21 Å². The monoisotopic (exact) mass is 514 g/mol. The van der Waals surface area contributed by atoms with Crippen molar-refractivity contribution >= 4 is 45.6 Å². The van der Waals surface area contributed by atoms with Gasteiger partial charge in [0.05, 0.1) is 38.4 Å². The number of carbonyl (C=O) groups excluding carboxylic acids is 2. The first-order valence-corrected chi connectivity index (χ1v) is 13.1. The lowest BCUT2D eigenvalue weighted by Gasteiger charge is -2.24. The Balaban J connectivity index is 1.58. The molecule has 4 aromatic rings. The molecule has 0 unspecified atom stereocenters. The Kier molecular flexibility index (Phi) is 6.72. The van der Waals surface area contributed by atoms with Crippen LogP contribution in [0.3, 0.4) is 0 Å². The van der Waals surface area contributed by atoms with Gasteiger partial charge < -0.3 is 10.2 Å². The average Bonchev–Trinajstić information content (AvgIpc) is 2.98. The summed E-state index contributed by atoms with van der Waals surface area (Å²) in [4.78, 5) is 29.4. The number of nitrogens with one attached hydrogen (secondary N) is 1. The lowest BCUT2D eigenvalue weighted by atomic mass is 10.1. The van der Waals surface area contributed by atoms with Crippen LogP contribution in [0, 0.1) is 0 Å². The third-order valence-electron chi connectivity index (χ3n) is 6.10. The van der Waals surface area contributed by atoms with Gasteiger partial charge in [-0.2, -0.15) is 0 Å². The zero-order valence-electron chi connectivity index (χ0n) is 19.5. The number of anilines is 2. The standard InChI is InChI=1S/C29H23ClN2O3S/c1-2-19-7-6-10-23(16-19)31-28(33)21-13-14-27-25(17-21)32(18-20-8-5-9-22(30)15-20)29(34)24-11-3-4-12-26(24)36(27)35/h3-17H,2,18H2,1H3,(H,31,33)/t36-/m1/s1. The topological polar surface area (TPSA) is 66.5 Å². The number of aryl methyl sites for hydroxylation is 1. The van der Waals surface area contributed by atoms with Crippen molar-refractivity contribution in [2.24, 2.45) is 0 Å². The van der Waals surface area contributed by atoms with E-state index in [1.54, 1.807) is 59.5 Å². The highest BCUT2D eigenvalue weighted by molar-refractivity contribution is 7.85. The van der Waals surface area contributed by atoms with Gasteiger partial charge in [0, 0.05) is 16.3 Å². The SMILES string of the molecule is CCc1cccc(NC(=O)c2ccc3c(c2)N(Cc2cccc(Cl)c2)C(=O)c2ccccc2[S@]3=O)c1. The Labute approximate surface area is 217 Å². The number of hydrogen-bond acceptors (Lipinski definition) is 3. The van der Waals surface area contributed by atoms with Crippen molar-refractivity contribution in [3.05, 3.63) is 118 Å². The van der Waals surface area contributed by atoms with E-state index in [1.165, 1.54) is 0 Å². The van der Waals surface area contributed by atoms with Gasteiger partial charge in [-0.05, 0) is 72.1 Å². The molecule has 0 aliphatic carbocycles. The highest BCUT2D eigenvalue weighted by Crippen LogP contribution is 2.36. The minimum Gasteiger partial charge on any atom is -0.322 e. The van der Waals surface area contributed by atoms with E-state index in [0.717, 1.165) is 17.5 Å². The molecule has 0 saturated heterocycles. The van der Waals surface area contributed by atoms with Crippen LogP contribution in [-0.2, 0) is 23.8 Å². The molecule has 0 bridgehead atoms. The summed E-state index contributed by atoms with van der Waals surface area (Å²) in [5, 5.41) is 3.49. The summed E-state index contributed by atoms with van der Waals surface area (Å²) in [6, 6.07) is 26.8. The van der Waals surface area contributed by atoms with Gasteiger partial charge in [-0.15, -0.1) is 0 Å². The molecule has 0 fully saturated rings. The Hall–Kier alpha value is -3.74. The minimum atomic E-state index is -1.60. The lowest BCUT2D eigenvalue weighted by molar-refractivity contribution is 0.0979. The van der Waals surface area contributed by atoms with Crippen LogP contribution in [0.2, 0.25) is 5.02 Å². The summed E-state index contributed by atoms with van der Waals surface area (Å²) in [5.74, 6) is -0.598. The Morgan fingerprint density at radius 2 is 1.67 bits per heavy atom. The molecular formula is C29H23ClN2O3S. The van der Waals surface area contributed by atoms with Crippen molar-refractivity contribution in [1.82, 2.24) is 0 Å². The summed E-state index contributed by atoms with van der Waals surface area (Å²) < 4.78 is 13.6. The van der Waals surface area contributed by atoms with E-state index in [2.05, 4.69) is 12.2 Å². The van der Waals surface area contributed by atoms with Gasteiger partial charge in [-0.1, -0.05) is 54.9 Å². The molecular weight excluding hydrogens is 492 g/mol. The number of carbonyl (C=O) groups is 2. The molecule has 1 atom stereocenters. The van der Waals surface area contributed by atoms with Crippen molar-refractivity contribution in [1.29, 1.82) is 0 Å². The minimum absolute atomic E-state index is 0.210. The maximum atomic E-state index is 13.7. The second-order valence-electron chi connectivity index (χ2n) is 8.48. The van der Waals surface area contributed by atoms with Gasteiger partial charge in [0.15, 0.2) is 0 Å². The quantitative estimate of drug-likeness (QED) is 0.331. The maximum absolute atomic E-state index is 13.7. The fraction of sp³-hybridized carbons (Fsp3) is 0.103. The molecule has 0 radical (unpaired) electrons. The predicted molar refractivity (Wildman–Crippen MR) is 143 cm³/mol. The molecule has 5 rings (SSSR count). The van der Waals surface area contributed by atoms with E-state index in [-0.39, 0.29) is 18.4 Å². The van der Waals surface area contributed by atoms with Gasteiger partial charge in [0.1, 0.15) is 0 Å². The lowest BCUT2D eigenvalue weighted by Crippen LogP contribution is -2.30. The van der Waals surface area contributed by atoms with Crippen LogP contribution in [-0.4, -0.2) is 16.0 Å². The highest BCUT2D eigenvalue weighted by atomic mass is 35.5. The molecule has 36 heavy (non-hydrogen) atoms. The van der Waals surface area contributed by atoms with Crippen LogP contribution in [0.1, 0.15) is 38.8 Å². The summed E-state index contributed by atoms with van der Waals surface area (Å²) in [5.41, 5.74) is 3.79. The number of rotatable bonds is 5. The Morgan fingerprint density at radius 1 is 0.889 bits per heavy atom. The molecule has 1 aliphatic rings. The second kappa shape index (κ2) is 10.1. The molecule has 0 spiro atoms. The van der Waals surface area contributed by atoms with Gasteiger partial charge in [0.2, 0.25) is 0 Å². The zero-order valence-corrected chi connectivity index (χ0v) is 21.1. The number of halogens is 1. The van der Waals surface area contributed by atoms with Gasteiger partial charge in [-0.3, -0.25) is 9.59 Å². The summed E-state index contributed by atoms with van der Waals surface area (Å²) in [6.07, 6.45) is 0.857. The van der Waals surface area contributed by atoms with Gasteiger partial charge in [0.25, 0.3) is 11.8 Å². The van der Waals surface area contributed by atoms with Crippen molar-refractivity contribution in [3.63, 3.8) is 0 Å². The van der Waals surface area contributed by atoms with Crippen molar-refractivity contribution in [2.75, 3.05) is 10.2 Å². The average molecular weight is 515 g/mol. The number of nitrogens with zero attached hydrogens (tertiary/aromatic N) is 1. The van der Waals surface area contributed by atoms with Crippen molar-refractivity contribution < 1.29 is 13.8 Å². The third-order valence-corrected chi connectivity index (χ3v) is 7.83. The number of fused-ring (bicyclic) bond motifs is 2. The van der Waals surface area contributed by atoms with Crippen molar-refractivity contribution in [2.45, 2.75) is 29.7 Å². The zero-order chi connectivity index (χ0) is 25.2. The summed E-state index contributed by atoms with van der Waals surface area (Å²) in [6.45, 7) is 2.26. The first kappa shape index (κ1) is 24.0. The smallest absolute Gasteiger partial charge is 0.259 e. The predicted octanol–water partition coefficient (Wildman–Crippen LogP) is 6.48.